The van der Waals surface area contributed by atoms with E-state index in [1.807, 2.05) is 24.4 Å². The molecule has 3 heteroatoms. The number of benzene rings is 2. The number of hydrogen-bond donors (Lipinski definition) is 0. The number of ketones is 1. The van der Waals surface area contributed by atoms with Gasteiger partial charge in [0.05, 0.1) is 11.6 Å². The van der Waals surface area contributed by atoms with Gasteiger partial charge in [0.15, 0.2) is 5.78 Å². The van der Waals surface area contributed by atoms with Crippen molar-refractivity contribution in [1.29, 1.82) is 0 Å². The highest BCUT2D eigenvalue weighted by Crippen LogP contribution is 2.23. The molecule has 1 heterocycles. The van der Waals surface area contributed by atoms with Crippen LogP contribution in [0, 0.1) is 6.92 Å². The lowest BCUT2D eigenvalue weighted by Gasteiger charge is -2.16. The maximum absolute atomic E-state index is 11.9. The molecular weight excluding hydrogens is 346 g/mol. The Hall–Kier alpha value is -2.94. The van der Waals surface area contributed by atoms with Gasteiger partial charge < -0.3 is 4.74 Å². The van der Waals surface area contributed by atoms with Crippen LogP contribution in [0.3, 0.4) is 0 Å². The molecule has 3 nitrogen and oxygen atoms in total. The average Bonchev–Trinajstić information content (AvgIpc) is 2.68. The van der Waals surface area contributed by atoms with Gasteiger partial charge in [0.1, 0.15) is 5.75 Å². The number of ether oxygens (including phenoxy) is 1. The number of pyridine rings is 1. The Morgan fingerprint density at radius 3 is 2.82 bits per heavy atom. The number of rotatable bonds is 6. The normalized spacial score (nSPS) is 14.1. The molecule has 0 N–H and O–H groups in total. The van der Waals surface area contributed by atoms with Gasteiger partial charge >= 0.3 is 0 Å². The molecule has 0 amide bonds. The van der Waals surface area contributed by atoms with Crippen molar-refractivity contribution in [3.8, 4) is 5.75 Å². The summed E-state index contributed by atoms with van der Waals surface area (Å²) in [5.74, 6) is 0.988. The van der Waals surface area contributed by atoms with Crippen LogP contribution in [0.25, 0.3) is 23.1 Å². The molecule has 3 aromatic rings. The van der Waals surface area contributed by atoms with Gasteiger partial charge in [0.2, 0.25) is 0 Å². The third-order valence-corrected chi connectivity index (χ3v) is 5.30. The van der Waals surface area contributed by atoms with Crippen molar-refractivity contribution in [2.24, 2.45) is 0 Å². The molecule has 4 rings (SSSR count). The second-order valence-electron chi connectivity index (χ2n) is 7.59. The number of fused-ring (bicyclic) bond motifs is 3. The van der Waals surface area contributed by atoms with Crippen LogP contribution in [0.15, 0.2) is 48.7 Å². The minimum atomic E-state index is 0.139. The van der Waals surface area contributed by atoms with Crippen molar-refractivity contribution in [2.45, 2.75) is 45.6 Å². The van der Waals surface area contributed by atoms with Crippen molar-refractivity contribution in [3.05, 3.63) is 70.2 Å². The fraction of sp³-hybridized carbons (Fsp3) is 0.280. The van der Waals surface area contributed by atoms with E-state index in [-0.39, 0.29) is 11.9 Å². The zero-order valence-electron chi connectivity index (χ0n) is 16.4. The molecule has 0 aliphatic heterocycles. The summed E-state index contributed by atoms with van der Waals surface area (Å²) in [7, 11) is 0. The summed E-state index contributed by atoms with van der Waals surface area (Å²) in [6, 6.07) is 14.6. The van der Waals surface area contributed by atoms with Crippen molar-refractivity contribution in [2.75, 3.05) is 0 Å². The molecule has 1 aromatic heterocycles. The van der Waals surface area contributed by atoms with E-state index in [9.17, 15) is 4.79 Å². The first kappa shape index (κ1) is 18.4. The number of hydrogen-bond acceptors (Lipinski definition) is 3. The zero-order valence-corrected chi connectivity index (χ0v) is 16.4. The number of Topliss-reactive ketones (excluding diaryl/α,β-unsaturated/α-hetero) is 1. The molecular formula is C25H25NO2. The van der Waals surface area contributed by atoms with E-state index >= 15 is 0 Å². The average molecular weight is 371 g/mol. The third-order valence-electron chi connectivity index (χ3n) is 5.30. The molecule has 0 radical (unpaired) electrons. The van der Waals surface area contributed by atoms with Crippen LogP contribution < -0.4 is 15.2 Å². The summed E-state index contributed by atoms with van der Waals surface area (Å²) in [6.45, 7) is 4.18. The molecule has 28 heavy (non-hydrogen) atoms. The summed E-state index contributed by atoms with van der Waals surface area (Å²) in [5, 5.41) is 3.07. The van der Waals surface area contributed by atoms with Crippen molar-refractivity contribution in [1.82, 2.24) is 4.98 Å². The van der Waals surface area contributed by atoms with E-state index in [1.165, 1.54) is 5.56 Å². The maximum atomic E-state index is 11.9. The van der Waals surface area contributed by atoms with Crippen LogP contribution in [0.4, 0.5) is 0 Å². The number of aryl methyl sites for hydroxylation is 2. The molecule has 142 valence electrons. The molecule has 1 aliphatic carbocycles. The van der Waals surface area contributed by atoms with Crippen LogP contribution >= 0.6 is 0 Å². The van der Waals surface area contributed by atoms with Gasteiger partial charge in [-0.05, 0) is 66.8 Å². The van der Waals surface area contributed by atoms with E-state index in [0.717, 1.165) is 51.9 Å². The Labute approximate surface area is 165 Å². The van der Waals surface area contributed by atoms with Crippen LogP contribution in [-0.4, -0.2) is 16.9 Å². The molecule has 0 bridgehead atoms. The maximum Gasteiger partial charge on any atom is 0.160 e. The second-order valence-corrected chi connectivity index (χ2v) is 7.59. The summed E-state index contributed by atoms with van der Waals surface area (Å²) in [6.07, 6.45) is 9.33. The summed E-state index contributed by atoms with van der Waals surface area (Å²) < 4.78 is 6.18. The summed E-state index contributed by atoms with van der Waals surface area (Å²) in [4.78, 5) is 16.5. The van der Waals surface area contributed by atoms with Crippen molar-refractivity contribution in [3.63, 3.8) is 0 Å². The van der Waals surface area contributed by atoms with Gasteiger partial charge in [0, 0.05) is 24.1 Å². The van der Waals surface area contributed by atoms with Gasteiger partial charge in [0.25, 0.3) is 0 Å². The largest absolute Gasteiger partial charge is 0.491 e. The van der Waals surface area contributed by atoms with Gasteiger partial charge in [-0.1, -0.05) is 36.4 Å². The Morgan fingerprint density at radius 2 is 2.00 bits per heavy atom. The molecule has 1 aliphatic rings. The minimum absolute atomic E-state index is 0.139. The lowest BCUT2D eigenvalue weighted by atomic mass is 10.0. The lowest BCUT2D eigenvalue weighted by molar-refractivity contribution is -0.112. The van der Waals surface area contributed by atoms with Crippen LogP contribution in [-0.2, 0) is 11.2 Å². The van der Waals surface area contributed by atoms with E-state index in [0.29, 0.717) is 6.42 Å². The van der Waals surface area contributed by atoms with Gasteiger partial charge in [-0.2, -0.15) is 0 Å². The molecule has 0 spiro atoms. The van der Waals surface area contributed by atoms with Crippen LogP contribution in [0.2, 0.25) is 0 Å². The van der Waals surface area contributed by atoms with E-state index in [2.05, 4.69) is 49.2 Å². The van der Waals surface area contributed by atoms with E-state index in [4.69, 9.17) is 4.74 Å². The highest BCUT2D eigenvalue weighted by molar-refractivity contribution is 6.10. The lowest BCUT2D eigenvalue weighted by Crippen LogP contribution is -2.31. The third kappa shape index (κ3) is 3.99. The predicted molar refractivity (Wildman–Crippen MR) is 114 cm³/mol. The molecule has 2 aromatic carbocycles. The standard InChI is InChI=1S/C25H25NO2/c1-17-13-22(28-18(2)7-6-10-19-8-4-3-5-9-19)15-24-25(17)23-14-21(27)12-11-20(23)16-26-24/h3-5,8-9,11,13-16,18H,6-7,10,12H2,1-2H3. The van der Waals surface area contributed by atoms with Gasteiger partial charge in [-0.3, -0.25) is 9.78 Å². The fourth-order valence-corrected chi connectivity index (χ4v) is 3.89. The monoisotopic (exact) mass is 371 g/mol. The fourth-order valence-electron chi connectivity index (χ4n) is 3.89. The number of aromatic nitrogens is 1. The van der Waals surface area contributed by atoms with Crippen LogP contribution in [0.5, 0.6) is 5.75 Å². The summed E-state index contributed by atoms with van der Waals surface area (Å²) >= 11 is 0. The first-order chi connectivity index (χ1) is 13.6. The Bertz CT molecular complexity index is 1130. The second kappa shape index (κ2) is 7.97. The Balaban J connectivity index is 1.50. The number of nitrogens with zero attached hydrogens (tertiary/aromatic N) is 1. The number of carbonyl (C=O) groups excluding carboxylic acids is 1. The predicted octanol–water partition coefficient (Wildman–Crippen LogP) is 3.87. The van der Waals surface area contributed by atoms with E-state index in [1.54, 1.807) is 6.08 Å². The van der Waals surface area contributed by atoms with Crippen molar-refractivity contribution >= 4 is 28.8 Å². The molecule has 0 fully saturated rings. The van der Waals surface area contributed by atoms with E-state index < -0.39 is 0 Å². The van der Waals surface area contributed by atoms with Gasteiger partial charge in [-0.15, -0.1) is 0 Å². The van der Waals surface area contributed by atoms with Crippen LogP contribution in [0.1, 0.15) is 37.3 Å². The Kier molecular flexibility index (Phi) is 5.25. The smallest absolute Gasteiger partial charge is 0.160 e. The first-order valence-corrected chi connectivity index (χ1v) is 9.95. The number of carbonyl (C=O) groups is 1. The summed E-state index contributed by atoms with van der Waals surface area (Å²) in [5.41, 5.74) is 3.34. The zero-order chi connectivity index (χ0) is 19.5. The Morgan fingerprint density at radius 1 is 1.18 bits per heavy atom. The highest BCUT2D eigenvalue weighted by atomic mass is 16.5. The highest BCUT2D eigenvalue weighted by Gasteiger charge is 2.11. The molecule has 0 saturated heterocycles. The molecule has 0 saturated carbocycles. The molecule has 1 atom stereocenters. The quantitative estimate of drug-likeness (QED) is 0.660. The minimum Gasteiger partial charge on any atom is -0.491 e. The SMILES string of the molecule is Cc1cc(OC(C)CCCc2ccccc2)cc2ncc3c(c12)=CC(=O)CC=3. The molecule has 1 unspecified atom stereocenters. The first-order valence-electron chi connectivity index (χ1n) is 9.95. The van der Waals surface area contributed by atoms with Gasteiger partial charge in [-0.25, -0.2) is 0 Å². The topological polar surface area (TPSA) is 39.2 Å². The van der Waals surface area contributed by atoms with Crippen molar-refractivity contribution < 1.29 is 9.53 Å².